The Morgan fingerprint density at radius 2 is 1.93 bits per heavy atom. The van der Waals surface area contributed by atoms with Crippen molar-refractivity contribution in [3.05, 3.63) is 23.8 Å². The van der Waals surface area contributed by atoms with Gasteiger partial charge in [-0.25, -0.2) is 18.2 Å². The summed E-state index contributed by atoms with van der Waals surface area (Å²) in [4.78, 5) is 26.3. The molecule has 1 aromatic carbocycles. The molecule has 2 heterocycles. The summed E-state index contributed by atoms with van der Waals surface area (Å²) in [5.41, 5.74) is 1.04. The van der Waals surface area contributed by atoms with E-state index in [0.717, 1.165) is 5.56 Å². The van der Waals surface area contributed by atoms with Gasteiger partial charge in [0.1, 0.15) is 6.04 Å². The van der Waals surface area contributed by atoms with Gasteiger partial charge in [-0.05, 0) is 31.5 Å². The van der Waals surface area contributed by atoms with Gasteiger partial charge in [-0.15, -0.1) is 0 Å². The molecule has 0 aliphatic carbocycles. The standard InChI is InChI=1S/C17H21N3O6S/c1-11-4-5-14-13(10-11)20(12(2)17(22)25-3)18-15(27(14,23)24)16(21)19-6-8-26-9-7-19/h4-5,10,12H,6-9H2,1-3H3/t12-/m1/s1. The molecule has 1 aromatic rings. The van der Waals surface area contributed by atoms with Gasteiger partial charge in [-0.2, -0.15) is 5.10 Å². The van der Waals surface area contributed by atoms with Gasteiger partial charge in [0.25, 0.3) is 5.91 Å². The van der Waals surface area contributed by atoms with Crippen molar-refractivity contribution < 1.29 is 27.5 Å². The molecule has 0 spiro atoms. The normalized spacial score (nSPS) is 19.7. The average molecular weight is 395 g/mol. The first-order chi connectivity index (χ1) is 12.8. The number of amides is 1. The molecular formula is C17H21N3O6S. The molecule has 2 aliphatic heterocycles. The molecule has 0 saturated carbocycles. The molecule has 0 aromatic heterocycles. The van der Waals surface area contributed by atoms with Crippen LogP contribution in [0, 0.1) is 6.92 Å². The van der Waals surface area contributed by atoms with Crippen LogP contribution in [0.3, 0.4) is 0 Å². The van der Waals surface area contributed by atoms with E-state index in [-0.39, 0.29) is 23.7 Å². The Morgan fingerprint density at radius 1 is 1.26 bits per heavy atom. The zero-order valence-electron chi connectivity index (χ0n) is 15.3. The van der Waals surface area contributed by atoms with Crippen molar-refractivity contribution in [1.82, 2.24) is 4.90 Å². The Labute approximate surface area is 157 Å². The average Bonchev–Trinajstić information content (AvgIpc) is 2.67. The van der Waals surface area contributed by atoms with Gasteiger partial charge in [0.15, 0.2) is 0 Å². The number of nitrogens with zero attached hydrogens (tertiary/aromatic N) is 3. The number of hydrazone groups is 1. The topological polar surface area (TPSA) is 106 Å². The first-order valence-corrected chi connectivity index (χ1v) is 9.94. The van der Waals surface area contributed by atoms with Crippen LogP contribution in [0.1, 0.15) is 12.5 Å². The largest absolute Gasteiger partial charge is 0.467 e. The highest BCUT2D eigenvalue weighted by Gasteiger charge is 2.41. The number of esters is 1. The van der Waals surface area contributed by atoms with Gasteiger partial charge in [0, 0.05) is 13.1 Å². The van der Waals surface area contributed by atoms with E-state index in [2.05, 4.69) is 5.10 Å². The Hall–Kier alpha value is -2.46. The molecule has 0 radical (unpaired) electrons. The number of rotatable bonds is 3. The summed E-state index contributed by atoms with van der Waals surface area (Å²) in [6.07, 6.45) is 0. The van der Waals surface area contributed by atoms with Crippen molar-refractivity contribution in [2.45, 2.75) is 24.8 Å². The van der Waals surface area contributed by atoms with Crippen LogP contribution in [0.5, 0.6) is 0 Å². The summed E-state index contributed by atoms with van der Waals surface area (Å²) < 4.78 is 36.1. The molecule has 0 bridgehead atoms. The first kappa shape index (κ1) is 19.3. The second kappa shape index (κ2) is 7.28. The van der Waals surface area contributed by atoms with E-state index in [4.69, 9.17) is 9.47 Å². The summed E-state index contributed by atoms with van der Waals surface area (Å²) in [7, 11) is -2.89. The molecule has 0 N–H and O–H groups in total. The number of ether oxygens (including phenoxy) is 2. The number of fused-ring (bicyclic) bond motifs is 1. The summed E-state index contributed by atoms with van der Waals surface area (Å²) in [5, 5.41) is 4.73. The fraction of sp³-hybridized carbons (Fsp3) is 0.471. The lowest BCUT2D eigenvalue weighted by Gasteiger charge is -2.33. The zero-order chi connectivity index (χ0) is 19.8. The molecule has 1 fully saturated rings. The lowest BCUT2D eigenvalue weighted by molar-refractivity contribution is -0.141. The van der Waals surface area contributed by atoms with Crippen molar-refractivity contribution >= 4 is 32.4 Å². The molecule has 10 heteroatoms. The van der Waals surface area contributed by atoms with E-state index in [9.17, 15) is 18.0 Å². The lowest BCUT2D eigenvalue weighted by Crippen LogP contribution is -2.49. The highest BCUT2D eigenvalue weighted by atomic mass is 32.2. The van der Waals surface area contributed by atoms with Crippen LogP contribution < -0.4 is 5.01 Å². The maximum Gasteiger partial charge on any atom is 0.330 e. The maximum atomic E-state index is 13.1. The number of hydrogen-bond donors (Lipinski definition) is 0. The number of morpholine rings is 1. The molecule has 1 amide bonds. The number of methoxy groups -OCH3 is 1. The van der Waals surface area contributed by atoms with Gasteiger partial charge < -0.3 is 14.4 Å². The predicted molar refractivity (Wildman–Crippen MR) is 97.2 cm³/mol. The van der Waals surface area contributed by atoms with Gasteiger partial charge in [0.2, 0.25) is 14.9 Å². The number of aryl methyl sites for hydroxylation is 1. The van der Waals surface area contributed by atoms with E-state index in [1.165, 1.54) is 30.0 Å². The van der Waals surface area contributed by atoms with Crippen LogP contribution in [-0.2, 0) is 28.9 Å². The minimum Gasteiger partial charge on any atom is -0.467 e. The van der Waals surface area contributed by atoms with E-state index in [0.29, 0.717) is 13.2 Å². The van der Waals surface area contributed by atoms with Gasteiger partial charge in [-0.3, -0.25) is 4.79 Å². The predicted octanol–water partition coefficient (Wildman–Crippen LogP) is 0.323. The number of sulfone groups is 1. The Balaban J connectivity index is 2.12. The number of carbonyl (C=O) groups excluding carboxylic acids is 2. The van der Waals surface area contributed by atoms with Gasteiger partial charge in [-0.1, -0.05) is 6.07 Å². The van der Waals surface area contributed by atoms with Crippen LogP contribution in [0.25, 0.3) is 0 Å². The molecule has 1 saturated heterocycles. The third-order valence-electron chi connectivity index (χ3n) is 4.49. The fourth-order valence-corrected chi connectivity index (χ4v) is 4.41. The van der Waals surface area contributed by atoms with E-state index in [1.54, 1.807) is 19.1 Å². The molecule has 3 rings (SSSR count). The Bertz CT molecular complexity index is 905. The molecule has 9 nitrogen and oxygen atoms in total. The second-order valence-electron chi connectivity index (χ2n) is 6.33. The minimum absolute atomic E-state index is 0.0598. The molecule has 1 atom stereocenters. The van der Waals surface area contributed by atoms with Crippen molar-refractivity contribution in [3.63, 3.8) is 0 Å². The Morgan fingerprint density at radius 3 is 2.56 bits per heavy atom. The van der Waals surface area contributed by atoms with Gasteiger partial charge in [0.05, 0.1) is 30.9 Å². The van der Waals surface area contributed by atoms with Crippen LogP contribution in [0.15, 0.2) is 28.2 Å². The smallest absolute Gasteiger partial charge is 0.330 e. The van der Waals surface area contributed by atoms with Crippen LogP contribution in [0.2, 0.25) is 0 Å². The lowest BCUT2D eigenvalue weighted by atomic mass is 10.2. The number of carbonyl (C=O) groups is 2. The summed E-state index contributed by atoms with van der Waals surface area (Å²) in [6.45, 7) is 4.55. The third kappa shape index (κ3) is 3.42. The highest BCUT2D eigenvalue weighted by molar-refractivity contribution is 8.08. The van der Waals surface area contributed by atoms with Crippen molar-refractivity contribution in [2.75, 3.05) is 38.4 Å². The fourth-order valence-electron chi connectivity index (χ4n) is 2.97. The zero-order valence-corrected chi connectivity index (χ0v) is 16.2. The minimum atomic E-state index is -4.12. The molecular weight excluding hydrogens is 374 g/mol. The van der Waals surface area contributed by atoms with Crippen LogP contribution in [0.4, 0.5) is 5.69 Å². The van der Waals surface area contributed by atoms with Gasteiger partial charge >= 0.3 is 5.97 Å². The summed E-state index contributed by atoms with van der Waals surface area (Å²) >= 11 is 0. The number of hydrogen-bond acceptors (Lipinski definition) is 8. The Kier molecular flexibility index (Phi) is 5.20. The number of benzene rings is 1. The molecule has 0 unspecified atom stereocenters. The van der Waals surface area contributed by atoms with Crippen molar-refractivity contribution in [2.24, 2.45) is 5.10 Å². The molecule has 2 aliphatic rings. The highest BCUT2D eigenvalue weighted by Crippen LogP contribution is 2.34. The van der Waals surface area contributed by atoms with E-state index >= 15 is 0 Å². The van der Waals surface area contributed by atoms with Crippen molar-refractivity contribution in [3.8, 4) is 0 Å². The number of anilines is 1. The summed E-state index contributed by atoms with van der Waals surface area (Å²) in [6, 6.07) is 3.78. The SMILES string of the molecule is COC(=O)[C@@H](C)N1N=C(C(=O)N2CCOCC2)S(=O)(=O)c2ccc(C)cc21. The third-order valence-corrected chi connectivity index (χ3v) is 6.18. The van der Waals surface area contributed by atoms with Crippen LogP contribution >= 0.6 is 0 Å². The van der Waals surface area contributed by atoms with E-state index < -0.39 is 32.8 Å². The first-order valence-electron chi connectivity index (χ1n) is 8.46. The van der Waals surface area contributed by atoms with Crippen LogP contribution in [-0.4, -0.2) is 69.7 Å². The molecule has 146 valence electrons. The van der Waals surface area contributed by atoms with Crippen molar-refractivity contribution in [1.29, 1.82) is 0 Å². The quantitative estimate of drug-likeness (QED) is 0.679. The maximum absolute atomic E-state index is 13.1. The van der Waals surface area contributed by atoms with E-state index in [1.807, 2.05) is 0 Å². The second-order valence-corrected chi connectivity index (χ2v) is 8.16. The summed E-state index contributed by atoms with van der Waals surface area (Å²) in [5.74, 6) is -1.30. The molecule has 27 heavy (non-hydrogen) atoms. The monoisotopic (exact) mass is 395 g/mol.